The average molecular weight is 356 g/mol. The average Bonchev–Trinajstić information content (AvgIpc) is 2.68. The highest BCUT2D eigenvalue weighted by molar-refractivity contribution is 5.92. The van der Waals surface area contributed by atoms with E-state index in [0.717, 1.165) is 11.1 Å². The van der Waals surface area contributed by atoms with Gasteiger partial charge in [-0.25, -0.2) is 4.98 Å². The number of rotatable bonds is 4. The molecule has 0 atom stereocenters. The van der Waals surface area contributed by atoms with Crippen molar-refractivity contribution in [2.75, 3.05) is 11.9 Å². The highest BCUT2D eigenvalue weighted by atomic mass is 16.5. The molecule has 1 N–H and O–H groups in total. The highest BCUT2D eigenvalue weighted by Crippen LogP contribution is 2.16. The van der Waals surface area contributed by atoms with Gasteiger partial charge in [-0.15, -0.1) is 0 Å². The number of benzene rings is 2. The van der Waals surface area contributed by atoms with E-state index in [1.165, 1.54) is 5.56 Å². The first-order valence-electron chi connectivity index (χ1n) is 8.63. The Morgan fingerprint density at radius 1 is 1.00 bits per heavy atom. The molecule has 134 valence electrons. The molecule has 0 saturated heterocycles. The van der Waals surface area contributed by atoms with Crippen LogP contribution in [0.1, 0.15) is 22.4 Å². The van der Waals surface area contributed by atoms with Crippen LogP contribution in [0.3, 0.4) is 0 Å². The zero-order chi connectivity index (χ0) is 19.1. The molecule has 0 spiro atoms. The van der Waals surface area contributed by atoms with Crippen molar-refractivity contribution >= 4 is 11.6 Å². The monoisotopic (exact) mass is 356 g/mol. The fraction of sp³-hybridized carbons (Fsp3) is 0.130. The smallest absolute Gasteiger partial charge is 0.262 e. The first-order chi connectivity index (χ1) is 13.1. The van der Waals surface area contributed by atoms with Gasteiger partial charge >= 0.3 is 0 Å². The number of aryl methyl sites for hydroxylation is 2. The maximum Gasteiger partial charge on any atom is 0.262 e. The molecule has 0 fully saturated rings. The minimum atomic E-state index is -0.219. The van der Waals surface area contributed by atoms with Crippen molar-refractivity contribution in [2.45, 2.75) is 13.8 Å². The quantitative estimate of drug-likeness (QED) is 0.716. The maximum atomic E-state index is 12.1. The van der Waals surface area contributed by atoms with E-state index in [9.17, 15) is 4.79 Å². The van der Waals surface area contributed by atoms with Gasteiger partial charge in [0.25, 0.3) is 5.91 Å². The summed E-state index contributed by atoms with van der Waals surface area (Å²) >= 11 is 0. The van der Waals surface area contributed by atoms with Crippen LogP contribution < -0.4 is 10.1 Å². The molecule has 1 heterocycles. The molecule has 27 heavy (non-hydrogen) atoms. The first-order valence-corrected chi connectivity index (χ1v) is 8.63. The van der Waals surface area contributed by atoms with Gasteiger partial charge in [0.05, 0.1) is 0 Å². The van der Waals surface area contributed by atoms with Crippen molar-refractivity contribution in [3.8, 4) is 17.6 Å². The van der Waals surface area contributed by atoms with Crippen LogP contribution in [0.25, 0.3) is 0 Å². The van der Waals surface area contributed by atoms with Crippen LogP contribution >= 0.6 is 0 Å². The van der Waals surface area contributed by atoms with E-state index in [2.05, 4.69) is 22.1 Å². The Kier molecular flexibility index (Phi) is 5.86. The van der Waals surface area contributed by atoms with Crippen LogP contribution in [-0.4, -0.2) is 17.5 Å². The van der Waals surface area contributed by atoms with Gasteiger partial charge in [-0.3, -0.25) is 4.79 Å². The lowest BCUT2D eigenvalue weighted by molar-refractivity contribution is -0.118. The second-order valence-corrected chi connectivity index (χ2v) is 6.13. The van der Waals surface area contributed by atoms with E-state index in [0.29, 0.717) is 17.1 Å². The van der Waals surface area contributed by atoms with Gasteiger partial charge in [-0.2, -0.15) is 0 Å². The van der Waals surface area contributed by atoms with Crippen LogP contribution in [0.4, 0.5) is 5.69 Å². The summed E-state index contributed by atoms with van der Waals surface area (Å²) in [6.07, 6.45) is 1.70. The fourth-order valence-electron chi connectivity index (χ4n) is 2.40. The molecule has 1 amide bonds. The summed E-state index contributed by atoms with van der Waals surface area (Å²) < 4.78 is 5.56. The largest absolute Gasteiger partial charge is 0.484 e. The number of carbonyl (C=O) groups excluding carboxylic acids is 1. The third-order valence-electron chi connectivity index (χ3n) is 3.99. The van der Waals surface area contributed by atoms with Gasteiger partial charge in [0.15, 0.2) is 6.61 Å². The van der Waals surface area contributed by atoms with Crippen LogP contribution in [0.5, 0.6) is 5.75 Å². The van der Waals surface area contributed by atoms with Crippen molar-refractivity contribution in [3.63, 3.8) is 0 Å². The zero-order valence-electron chi connectivity index (χ0n) is 15.3. The van der Waals surface area contributed by atoms with Crippen molar-refractivity contribution in [1.29, 1.82) is 0 Å². The first kappa shape index (κ1) is 18.2. The lowest BCUT2D eigenvalue weighted by Crippen LogP contribution is -2.20. The van der Waals surface area contributed by atoms with Crippen molar-refractivity contribution in [1.82, 2.24) is 4.98 Å². The Bertz CT molecular complexity index is 1000. The third kappa shape index (κ3) is 5.45. The number of nitrogens with zero attached hydrogens (tertiary/aromatic N) is 1. The summed E-state index contributed by atoms with van der Waals surface area (Å²) in [4.78, 5) is 16.3. The molecule has 3 rings (SSSR count). The molecule has 0 unspecified atom stereocenters. The second kappa shape index (κ2) is 8.68. The third-order valence-corrected chi connectivity index (χ3v) is 3.99. The second-order valence-electron chi connectivity index (χ2n) is 6.13. The molecule has 0 radical (unpaired) electrons. The zero-order valence-corrected chi connectivity index (χ0v) is 15.3. The molecule has 0 aliphatic heterocycles. The number of nitrogens with one attached hydrogen (secondary N) is 1. The van der Waals surface area contributed by atoms with Gasteiger partial charge < -0.3 is 10.1 Å². The molecule has 1 aromatic heterocycles. The van der Waals surface area contributed by atoms with Crippen molar-refractivity contribution in [3.05, 3.63) is 89.2 Å². The maximum absolute atomic E-state index is 12.1. The summed E-state index contributed by atoms with van der Waals surface area (Å²) in [5.41, 5.74) is 4.50. The van der Waals surface area contributed by atoms with Crippen LogP contribution in [0.15, 0.2) is 66.9 Å². The van der Waals surface area contributed by atoms with E-state index in [-0.39, 0.29) is 12.5 Å². The van der Waals surface area contributed by atoms with Gasteiger partial charge in [-0.05, 0) is 73.4 Å². The Morgan fingerprint density at radius 2 is 1.89 bits per heavy atom. The van der Waals surface area contributed by atoms with Gasteiger partial charge in [0.1, 0.15) is 11.4 Å². The lowest BCUT2D eigenvalue weighted by Gasteiger charge is -2.09. The van der Waals surface area contributed by atoms with Gasteiger partial charge in [-0.1, -0.05) is 24.1 Å². The summed E-state index contributed by atoms with van der Waals surface area (Å²) in [5.74, 6) is 6.51. The number of anilines is 1. The molecule has 2 aromatic carbocycles. The van der Waals surface area contributed by atoms with Crippen LogP contribution in [-0.2, 0) is 4.79 Å². The van der Waals surface area contributed by atoms with Crippen LogP contribution in [0.2, 0.25) is 0 Å². The molecular formula is C23H20N2O2. The summed E-state index contributed by atoms with van der Waals surface area (Å²) in [7, 11) is 0. The summed E-state index contributed by atoms with van der Waals surface area (Å²) in [6, 6.07) is 18.7. The minimum Gasteiger partial charge on any atom is -0.484 e. The van der Waals surface area contributed by atoms with Crippen molar-refractivity contribution in [2.24, 2.45) is 0 Å². The number of hydrogen-bond donors (Lipinski definition) is 1. The predicted octanol–water partition coefficient (Wildman–Crippen LogP) is 4.12. The lowest BCUT2D eigenvalue weighted by atomic mass is 10.1. The van der Waals surface area contributed by atoms with Crippen molar-refractivity contribution < 1.29 is 9.53 Å². The molecule has 4 nitrogen and oxygen atoms in total. The molecule has 0 aliphatic rings. The number of ether oxygens (including phenoxy) is 1. The molecule has 4 heteroatoms. The number of amides is 1. The number of pyridine rings is 1. The normalized spacial score (nSPS) is 9.85. The SMILES string of the molecule is Cc1ccc(OCC(=O)Nc2cccc(C#Cc3ccccn3)c2)cc1C. The molecule has 0 aliphatic carbocycles. The van der Waals surface area contributed by atoms with Gasteiger partial charge in [0.2, 0.25) is 0 Å². The molecular weight excluding hydrogens is 336 g/mol. The Morgan fingerprint density at radius 3 is 2.67 bits per heavy atom. The molecule has 0 saturated carbocycles. The van der Waals surface area contributed by atoms with Crippen LogP contribution in [0, 0.1) is 25.7 Å². The Balaban J connectivity index is 1.59. The van der Waals surface area contributed by atoms with E-state index < -0.39 is 0 Å². The molecule has 3 aromatic rings. The Labute approximate surface area is 159 Å². The van der Waals surface area contributed by atoms with E-state index in [4.69, 9.17) is 4.74 Å². The van der Waals surface area contributed by atoms with Gasteiger partial charge in [0, 0.05) is 17.4 Å². The standard InChI is InChI=1S/C23H20N2O2/c1-17-9-12-22(14-18(17)2)27-16-23(26)25-21-8-5-6-19(15-21)10-11-20-7-3-4-13-24-20/h3-9,12-15H,16H2,1-2H3,(H,25,26). The summed E-state index contributed by atoms with van der Waals surface area (Å²) in [6.45, 7) is 4.00. The number of aromatic nitrogens is 1. The minimum absolute atomic E-state index is 0.0493. The topological polar surface area (TPSA) is 51.2 Å². The molecule has 0 bridgehead atoms. The summed E-state index contributed by atoms with van der Waals surface area (Å²) in [5, 5.41) is 2.83. The van der Waals surface area contributed by atoms with E-state index >= 15 is 0 Å². The number of carbonyl (C=O) groups is 1. The fourth-order valence-corrected chi connectivity index (χ4v) is 2.40. The highest BCUT2D eigenvalue weighted by Gasteiger charge is 2.05. The van der Waals surface area contributed by atoms with E-state index in [1.54, 1.807) is 6.20 Å². The van der Waals surface area contributed by atoms with E-state index in [1.807, 2.05) is 74.5 Å². The Hall–Kier alpha value is -3.58. The predicted molar refractivity (Wildman–Crippen MR) is 107 cm³/mol. The number of hydrogen-bond acceptors (Lipinski definition) is 3.